The van der Waals surface area contributed by atoms with Gasteiger partial charge in [-0.2, -0.15) is 0 Å². The zero-order valence-corrected chi connectivity index (χ0v) is 13.2. The molecule has 1 fully saturated rings. The van der Waals surface area contributed by atoms with Crippen molar-refractivity contribution >= 4 is 26.0 Å². The number of sulfonamides is 1. The molecule has 19 heavy (non-hydrogen) atoms. The molecule has 0 atom stereocenters. The monoisotopic (exact) mass is 347 g/mol. The van der Waals surface area contributed by atoms with Crippen molar-refractivity contribution in [3.8, 4) is 0 Å². The van der Waals surface area contributed by atoms with Crippen molar-refractivity contribution < 1.29 is 13.5 Å². The van der Waals surface area contributed by atoms with Gasteiger partial charge in [0, 0.05) is 10.5 Å². The first-order chi connectivity index (χ1) is 8.90. The minimum absolute atomic E-state index is 0.0771. The molecule has 0 saturated heterocycles. The second-order valence-electron chi connectivity index (χ2n) is 4.99. The summed E-state index contributed by atoms with van der Waals surface area (Å²) in [7, 11) is -3.49. The fourth-order valence-corrected chi connectivity index (χ4v) is 4.43. The first-order valence-corrected chi connectivity index (χ1v) is 8.63. The molecule has 0 aromatic heterocycles. The normalized spacial score (nSPS) is 24.4. The van der Waals surface area contributed by atoms with Gasteiger partial charge in [-0.25, -0.2) is 13.1 Å². The van der Waals surface area contributed by atoms with Gasteiger partial charge in [-0.1, -0.05) is 22.0 Å². The highest BCUT2D eigenvalue weighted by atomic mass is 79.9. The van der Waals surface area contributed by atoms with Crippen molar-refractivity contribution in [2.75, 3.05) is 0 Å². The summed E-state index contributed by atoms with van der Waals surface area (Å²) in [6.45, 7) is 1.78. The summed E-state index contributed by atoms with van der Waals surface area (Å²) in [5.74, 6) is 0. The highest BCUT2D eigenvalue weighted by Gasteiger charge is 2.25. The molecule has 0 heterocycles. The van der Waals surface area contributed by atoms with E-state index in [0.717, 1.165) is 4.47 Å². The zero-order valence-electron chi connectivity index (χ0n) is 10.8. The smallest absolute Gasteiger partial charge is 0.241 e. The van der Waals surface area contributed by atoms with Crippen LogP contribution in [0.1, 0.15) is 31.2 Å². The Balaban J connectivity index is 2.16. The van der Waals surface area contributed by atoms with Crippen molar-refractivity contribution in [2.24, 2.45) is 0 Å². The van der Waals surface area contributed by atoms with Gasteiger partial charge in [-0.3, -0.25) is 0 Å². The highest BCUT2D eigenvalue weighted by Crippen LogP contribution is 2.25. The Morgan fingerprint density at radius 2 is 1.89 bits per heavy atom. The van der Waals surface area contributed by atoms with E-state index < -0.39 is 10.0 Å². The van der Waals surface area contributed by atoms with Crippen LogP contribution in [-0.4, -0.2) is 25.7 Å². The lowest BCUT2D eigenvalue weighted by molar-refractivity contribution is 0.120. The fourth-order valence-electron chi connectivity index (χ4n) is 2.36. The second-order valence-corrected chi connectivity index (χ2v) is 7.53. The predicted octanol–water partition coefficient (Wildman–Crippen LogP) is 2.34. The molecule has 1 aliphatic carbocycles. The predicted molar refractivity (Wildman–Crippen MR) is 77.5 cm³/mol. The molecule has 4 nitrogen and oxygen atoms in total. The first-order valence-electron chi connectivity index (χ1n) is 6.35. The Kier molecular flexibility index (Phi) is 4.66. The van der Waals surface area contributed by atoms with Gasteiger partial charge in [-0.05, 0) is 50.3 Å². The molecular formula is C13H18BrNO3S. The van der Waals surface area contributed by atoms with E-state index in [1.54, 1.807) is 19.1 Å². The second kappa shape index (κ2) is 5.91. The van der Waals surface area contributed by atoms with Crippen LogP contribution in [0.2, 0.25) is 0 Å². The molecule has 0 radical (unpaired) electrons. The van der Waals surface area contributed by atoms with E-state index in [2.05, 4.69) is 20.7 Å². The number of hydrogen-bond donors (Lipinski definition) is 2. The maximum Gasteiger partial charge on any atom is 0.241 e. The van der Waals surface area contributed by atoms with Crippen LogP contribution in [-0.2, 0) is 10.0 Å². The standard InChI is InChI=1S/C13H18BrNO3S/c1-9-12(14)3-2-4-13(9)19(17,18)15-10-5-7-11(16)8-6-10/h2-4,10-11,15-16H,5-8H2,1H3. The number of aliphatic hydroxyl groups is 1. The Hall–Kier alpha value is -0.430. The average molecular weight is 348 g/mol. The lowest BCUT2D eigenvalue weighted by atomic mass is 9.94. The quantitative estimate of drug-likeness (QED) is 0.881. The minimum atomic E-state index is -3.49. The molecule has 0 bridgehead atoms. The van der Waals surface area contributed by atoms with E-state index in [4.69, 9.17) is 0 Å². The molecule has 2 rings (SSSR count). The van der Waals surface area contributed by atoms with Gasteiger partial charge < -0.3 is 5.11 Å². The van der Waals surface area contributed by atoms with Crippen molar-refractivity contribution in [1.29, 1.82) is 0 Å². The third-order valence-corrected chi connectivity index (χ3v) is 6.05. The molecule has 1 aromatic rings. The maximum absolute atomic E-state index is 12.4. The summed E-state index contributed by atoms with van der Waals surface area (Å²) in [6.07, 6.45) is 2.41. The molecular weight excluding hydrogens is 330 g/mol. The zero-order chi connectivity index (χ0) is 14.0. The van der Waals surface area contributed by atoms with E-state index in [1.807, 2.05) is 6.07 Å². The Morgan fingerprint density at radius 3 is 2.53 bits per heavy atom. The molecule has 2 N–H and O–H groups in total. The Morgan fingerprint density at radius 1 is 1.26 bits per heavy atom. The lowest BCUT2D eigenvalue weighted by Gasteiger charge is -2.26. The van der Waals surface area contributed by atoms with Gasteiger partial charge >= 0.3 is 0 Å². The van der Waals surface area contributed by atoms with Crippen LogP contribution >= 0.6 is 15.9 Å². The highest BCUT2D eigenvalue weighted by molar-refractivity contribution is 9.10. The van der Waals surface area contributed by atoms with Crippen LogP contribution in [0.4, 0.5) is 0 Å². The molecule has 1 aromatic carbocycles. The van der Waals surface area contributed by atoms with E-state index in [0.29, 0.717) is 36.1 Å². The van der Waals surface area contributed by atoms with Gasteiger partial charge in [0.2, 0.25) is 10.0 Å². The van der Waals surface area contributed by atoms with Gasteiger partial charge in [-0.15, -0.1) is 0 Å². The van der Waals surface area contributed by atoms with Crippen LogP contribution in [0.3, 0.4) is 0 Å². The van der Waals surface area contributed by atoms with Crippen LogP contribution < -0.4 is 4.72 Å². The first kappa shape index (κ1) is 15.0. The van der Waals surface area contributed by atoms with E-state index >= 15 is 0 Å². The minimum Gasteiger partial charge on any atom is -0.393 e. The van der Waals surface area contributed by atoms with Crippen molar-refractivity contribution in [3.63, 3.8) is 0 Å². The molecule has 0 unspecified atom stereocenters. The number of hydrogen-bond acceptors (Lipinski definition) is 3. The number of rotatable bonds is 3. The fraction of sp³-hybridized carbons (Fsp3) is 0.538. The number of halogens is 1. The summed E-state index contributed by atoms with van der Waals surface area (Å²) in [6, 6.07) is 5.08. The van der Waals surface area contributed by atoms with E-state index in [9.17, 15) is 13.5 Å². The van der Waals surface area contributed by atoms with Crippen molar-refractivity contribution in [2.45, 2.75) is 49.6 Å². The Bertz CT molecular complexity index is 551. The lowest BCUT2D eigenvalue weighted by Crippen LogP contribution is -2.38. The summed E-state index contributed by atoms with van der Waals surface area (Å²) >= 11 is 3.35. The van der Waals surface area contributed by atoms with Gasteiger partial charge in [0.15, 0.2) is 0 Å². The third-order valence-electron chi connectivity index (χ3n) is 3.53. The average Bonchev–Trinajstić information content (AvgIpc) is 2.35. The molecule has 106 valence electrons. The summed E-state index contributed by atoms with van der Waals surface area (Å²) in [4.78, 5) is 0.313. The van der Waals surface area contributed by atoms with Crippen LogP contribution in [0.15, 0.2) is 27.6 Å². The number of benzene rings is 1. The molecule has 1 aliphatic rings. The van der Waals surface area contributed by atoms with Gasteiger partial charge in [0.1, 0.15) is 0 Å². The summed E-state index contributed by atoms with van der Waals surface area (Å²) in [5.41, 5.74) is 0.714. The largest absolute Gasteiger partial charge is 0.393 e. The maximum atomic E-state index is 12.4. The number of nitrogens with one attached hydrogen (secondary N) is 1. The van der Waals surface area contributed by atoms with E-state index in [1.165, 1.54) is 0 Å². The van der Waals surface area contributed by atoms with Crippen molar-refractivity contribution in [1.82, 2.24) is 4.72 Å². The molecule has 0 amide bonds. The van der Waals surface area contributed by atoms with Gasteiger partial charge in [0.25, 0.3) is 0 Å². The topological polar surface area (TPSA) is 66.4 Å². The summed E-state index contributed by atoms with van der Waals surface area (Å²) < 4.78 is 28.2. The van der Waals surface area contributed by atoms with Crippen LogP contribution in [0.25, 0.3) is 0 Å². The van der Waals surface area contributed by atoms with E-state index in [-0.39, 0.29) is 12.1 Å². The molecule has 6 heteroatoms. The Labute approximate surface area is 122 Å². The van der Waals surface area contributed by atoms with Crippen LogP contribution in [0.5, 0.6) is 0 Å². The third kappa shape index (κ3) is 3.56. The van der Waals surface area contributed by atoms with Crippen molar-refractivity contribution in [3.05, 3.63) is 28.2 Å². The summed E-state index contributed by atoms with van der Waals surface area (Å²) in [5, 5.41) is 9.44. The van der Waals surface area contributed by atoms with Crippen LogP contribution in [0, 0.1) is 6.92 Å². The molecule has 1 saturated carbocycles. The number of aliphatic hydroxyl groups excluding tert-OH is 1. The molecule has 0 spiro atoms. The SMILES string of the molecule is Cc1c(Br)cccc1S(=O)(=O)NC1CCC(O)CC1. The molecule has 0 aliphatic heterocycles. The van der Waals surface area contributed by atoms with Gasteiger partial charge in [0.05, 0.1) is 11.0 Å².